The predicted molar refractivity (Wildman–Crippen MR) is 55.8 cm³/mol. The van der Waals surface area contributed by atoms with Crippen molar-refractivity contribution >= 4 is 40.5 Å². The number of benzene rings is 1. The minimum absolute atomic E-state index is 0.480. The first-order chi connectivity index (χ1) is 5.52. The van der Waals surface area contributed by atoms with Crippen LogP contribution in [0.1, 0.15) is 0 Å². The van der Waals surface area contributed by atoms with E-state index in [1.165, 1.54) is 0 Å². The van der Waals surface area contributed by atoms with Gasteiger partial charge in [0.15, 0.2) is 0 Å². The SMILES string of the molecule is CN(C)c1cc(Cl)cc(Cl)c1Cl. The topological polar surface area (TPSA) is 3.24 Å². The molecule has 66 valence electrons. The number of hydrogen-bond acceptors (Lipinski definition) is 1. The standard InChI is InChI=1S/C8H8Cl3N/c1-12(2)7-4-5(9)3-6(10)8(7)11/h3-4H,1-2H3. The summed E-state index contributed by atoms with van der Waals surface area (Å²) in [6.45, 7) is 0. The van der Waals surface area contributed by atoms with Gasteiger partial charge in [0.2, 0.25) is 0 Å². The van der Waals surface area contributed by atoms with Crippen molar-refractivity contribution in [3.8, 4) is 0 Å². The highest BCUT2D eigenvalue weighted by molar-refractivity contribution is 6.45. The lowest BCUT2D eigenvalue weighted by atomic mass is 10.3. The fourth-order valence-corrected chi connectivity index (χ4v) is 1.63. The van der Waals surface area contributed by atoms with Gasteiger partial charge in [0.25, 0.3) is 0 Å². The van der Waals surface area contributed by atoms with E-state index in [0.717, 1.165) is 5.69 Å². The van der Waals surface area contributed by atoms with E-state index in [0.29, 0.717) is 15.1 Å². The molecule has 1 aromatic rings. The van der Waals surface area contributed by atoms with Crippen LogP contribution in [-0.4, -0.2) is 14.1 Å². The average molecular weight is 225 g/mol. The summed E-state index contributed by atoms with van der Waals surface area (Å²) in [6.07, 6.45) is 0. The molecular weight excluding hydrogens is 216 g/mol. The Labute approximate surface area is 86.8 Å². The molecule has 1 rings (SSSR count). The van der Waals surface area contributed by atoms with E-state index in [-0.39, 0.29) is 0 Å². The van der Waals surface area contributed by atoms with Gasteiger partial charge >= 0.3 is 0 Å². The second-order valence-corrected chi connectivity index (χ2v) is 3.84. The molecule has 0 aliphatic heterocycles. The van der Waals surface area contributed by atoms with Crippen LogP contribution in [0.15, 0.2) is 12.1 Å². The monoisotopic (exact) mass is 223 g/mol. The Morgan fingerprint density at radius 3 is 2.17 bits per heavy atom. The molecule has 0 saturated carbocycles. The largest absolute Gasteiger partial charge is 0.376 e. The van der Waals surface area contributed by atoms with Crippen LogP contribution < -0.4 is 4.90 Å². The molecule has 0 radical (unpaired) electrons. The molecule has 0 aliphatic rings. The highest BCUT2D eigenvalue weighted by Gasteiger charge is 2.07. The molecule has 0 aliphatic carbocycles. The van der Waals surface area contributed by atoms with Gasteiger partial charge in [0, 0.05) is 19.1 Å². The van der Waals surface area contributed by atoms with Crippen molar-refractivity contribution in [2.24, 2.45) is 0 Å². The van der Waals surface area contributed by atoms with Crippen LogP contribution >= 0.6 is 34.8 Å². The van der Waals surface area contributed by atoms with Crippen molar-refractivity contribution < 1.29 is 0 Å². The lowest BCUT2D eigenvalue weighted by Crippen LogP contribution is -2.09. The lowest BCUT2D eigenvalue weighted by molar-refractivity contribution is 1.13. The number of nitrogens with zero attached hydrogens (tertiary/aromatic N) is 1. The number of rotatable bonds is 1. The third kappa shape index (κ3) is 1.98. The molecule has 0 unspecified atom stereocenters. The summed E-state index contributed by atoms with van der Waals surface area (Å²) < 4.78 is 0. The van der Waals surface area contributed by atoms with Crippen molar-refractivity contribution in [2.75, 3.05) is 19.0 Å². The molecule has 0 spiro atoms. The Hall–Kier alpha value is -0.110. The van der Waals surface area contributed by atoms with Crippen LogP contribution in [0.25, 0.3) is 0 Å². The molecule has 0 atom stereocenters. The zero-order chi connectivity index (χ0) is 9.30. The lowest BCUT2D eigenvalue weighted by Gasteiger charge is -2.15. The molecular formula is C8H8Cl3N. The molecule has 0 bridgehead atoms. The van der Waals surface area contributed by atoms with Crippen LogP contribution in [0.5, 0.6) is 0 Å². The van der Waals surface area contributed by atoms with Gasteiger partial charge in [0.05, 0.1) is 15.7 Å². The molecule has 1 aromatic carbocycles. The van der Waals surface area contributed by atoms with Gasteiger partial charge in [-0.2, -0.15) is 0 Å². The summed E-state index contributed by atoms with van der Waals surface area (Å²) in [5.41, 5.74) is 0.828. The van der Waals surface area contributed by atoms with Crippen molar-refractivity contribution in [1.29, 1.82) is 0 Å². The number of hydrogen-bond donors (Lipinski definition) is 0. The summed E-state index contributed by atoms with van der Waals surface area (Å²) in [5.74, 6) is 0. The van der Waals surface area contributed by atoms with E-state index >= 15 is 0 Å². The molecule has 0 amide bonds. The molecule has 0 aromatic heterocycles. The highest BCUT2D eigenvalue weighted by Crippen LogP contribution is 2.34. The zero-order valence-corrected chi connectivity index (χ0v) is 9.00. The van der Waals surface area contributed by atoms with Crippen molar-refractivity contribution in [2.45, 2.75) is 0 Å². The maximum absolute atomic E-state index is 5.93. The minimum atomic E-state index is 0.480. The van der Waals surface area contributed by atoms with E-state index in [9.17, 15) is 0 Å². The molecule has 4 heteroatoms. The maximum Gasteiger partial charge on any atom is 0.0826 e. The van der Waals surface area contributed by atoms with Crippen molar-refractivity contribution in [3.63, 3.8) is 0 Å². The van der Waals surface area contributed by atoms with Crippen LogP contribution in [0.3, 0.4) is 0 Å². The molecule has 1 nitrogen and oxygen atoms in total. The molecule has 0 N–H and O–H groups in total. The molecule has 0 fully saturated rings. The minimum Gasteiger partial charge on any atom is -0.376 e. The van der Waals surface area contributed by atoms with Gasteiger partial charge in [0.1, 0.15) is 0 Å². The Morgan fingerprint density at radius 2 is 1.67 bits per heavy atom. The second kappa shape index (κ2) is 3.73. The summed E-state index contributed by atoms with van der Waals surface area (Å²) in [6, 6.07) is 3.40. The summed E-state index contributed by atoms with van der Waals surface area (Å²) in [5, 5.41) is 1.60. The van der Waals surface area contributed by atoms with E-state index in [2.05, 4.69) is 0 Å². The zero-order valence-electron chi connectivity index (χ0n) is 6.74. The smallest absolute Gasteiger partial charge is 0.0826 e. The summed E-state index contributed by atoms with van der Waals surface area (Å²) in [4.78, 5) is 1.86. The van der Waals surface area contributed by atoms with Gasteiger partial charge in [-0.1, -0.05) is 34.8 Å². The van der Waals surface area contributed by atoms with Gasteiger partial charge in [-0.25, -0.2) is 0 Å². The summed E-state index contributed by atoms with van der Waals surface area (Å²) in [7, 11) is 3.77. The van der Waals surface area contributed by atoms with Gasteiger partial charge in [-0.3, -0.25) is 0 Å². The second-order valence-electron chi connectivity index (χ2n) is 2.62. The van der Waals surface area contributed by atoms with Crippen LogP contribution in [-0.2, 0) is 0 Å². The number of anilines is 1. The van der Waals surface area contributed by atoms with Crippen LogP contribution in [0.4, 0.5) is 5.69 Å². The van der Waals surface area contributed by atoms with Crippen molar-refractivity contribution in [1.82, 2.24) is 0 Å². The van der Waals surface area contributed by atoms with E-state index in [4.69, 9.17) is 34.8 Å². The Kier molecular flexibility index (Phi) is 3.10. The first kappa shape index (κ1) is 9.97. The predicted octanol–water partition coefficient (Wildman–Crippen LogP) is 3.71. The van der Waals surface area contributed by atoms with Crippen LogP contribution in [0.2, 0.25) is 15.1 Å². The number of halogens is 3. The molecule has 12 heavy (non-hydrogen) atoms. The Morgan fingerprint density at radius 1 is 1.08 bits per heavy atom. The van der Waals surface area contributed by atoms with Gasteiger partial charge in [-0.05, 0) is 12.1 Å². The quantitative estimate of drug-likeness (QED) is 0.657. The van der Waals surface area contributed by atoms with E-state index < -0.39 is 0 Å². The average Bonchev–Trinajstić information content (AvgIpc) is 1.96. The van der Waals surface area contributed by atoms with E-state index in [1.54, 1.807) is 12.1 Å². The Bertz CT molecular complexity index is 297. The third-order valence-corrected chi connectivity index (χ3v) is 2.47. The fraction of sp³-hybridized carbons (Fsp3) is 0.250. The first-order valence-corrected chi connectivity index (χ1v) is 4.47. The van der Waals surface area contributed by atoms with E-state index in [1.807, 2.05) is 19.0 Å². The molecule has 0 saturated heterocycles. The van der Waals surface area contributed by atoms with Crippen LogP contribution in [0, 0.1) is 0 Å². The normalized spacial score (nSPS) is 10.1. The van der Waals surface area contributed by atoms with Crippen molar-refractivity contribution in [3.05, 3.63) is 27.2 Å². The highest BCUT2D eigenvalue weighted by atomic mass is 35.5. The fourth-order valence-electron chi connectivity index (χ4n) is 0.868. The van der Waals surface area contributed by atoms with Gasteiger partial charge < -0.3 is 4.90 Å². The summed E-state index contributed by atoms with van der Waals surface area (Å²) >= 11 is 17.5. The Balaban J connectivity index is 3.28. The maximum atomic E-state index is 5.93. The third-order valence-electron chi connectivity index (χ3n) is 1.46. The van der Waals surface area contributed by atoms with Gasteiger partial charge in [-0.15, -0.1) is 0 Å². The first-order valence-electron chi connectivity index (χ1n) is 3.34. The molecule has 0 heterocycles.